The first-order valence-corrected chi connectivity index (χ1v) is 7.46. The Balaban J connectivity index is 1.91. The number of hydrogen-bond acceptors (Lipinski definition) is 2. The molecule has 0 aliphatic heterocycles. The predicted molar refractivity (Wildman–Crippen MR) is 76.5 cm³/mol. The van der Waals surface area contributed by atoms with Crippen LogP contribution in [0.2, 0.25) is 0 Å². The molecule has 1 aromatic carbocycles. The minimum absolute atomic E-state index is 0.0256. The van der Waals surface area contributed by atoms with Gasteiger partial charge in [-0.1, -0.05) is 18.6 Å². The number of carbonyl (C=O) groups is 1. The third-order valence-corrected chi connectivity index (χ3v) is 4.12. The minimum atomic E-state index is -4.17. The fraction of sp³-hybridized carbons (Fsp3) is 0.562. The van der Waals surface area contributed by atoms with Crippen molar-refractivity contribution in [3.8, 4) is 0 Å². The molecule has 0 saturated heterocycles. The minimum Gasteiger partial charge on any atom is -0.396 e. The van der Waals surface area contributed by atoms with Crippen molar-refractivity contribution in [2.75, 3.05) is 6.61 Å². The van der Waals surface area contributed by atoms with Crippen molar-refractivity contribution in [2.24, 2.45) is 5.92 Å². The maximum absolute atomic E-state index is 12.2. The summed E-state index contributed by atoms with van der Waals surface area (Å²) < 4.78 is 36.5. The topological polar surface area (TPSA) is 49.3 Å². The number of carbonyl (C=O) groups excluding carboxylic acids is 1. The molecule has 1 aromatic rings. The molecule has 22 heavy (non-hydrogen) atoms. The van der Waals surface area contributed by atoms with E-state index in [1.807, 2.05) is 0 Å². The van der Waals surface area contributed by atoms with Crippen LogP contribution in [0.5, 0.6) is 0 Å². The summed E-state index contributed by atoms with van der Waals surface area (Å²) in [5.74, 6) is -0.150. The van der Waals surface area contributed by atoms with Crippen molar-refractivity contribution in [1.82, 2.24) is 5.32 Å². The first-order valence-electron chi connectivity index (χ1n) is 7.46. The lowest BCUT2D eigenvalue weighted by molar-refractivity contribution is -0.134. The van der Waals surface area contributed by atoms with E-state index in [-0.39, 0.29) is 30.9 Å². The molecule has 1 aliphatic carbocycles. The number of amides is 1. The molecule has 0 radical (unpaired) electrons. The summed E-state index contributed by atoms with van der Waals surface area (Å²) in [5, 5.41) is 12.1. The SMILES string of the molecule is O=C(N[C@@H]1CCC[C@H]1CO)c1ccc(CCC(F)(F)F)cc1. The molecule has 1 amide bonds. The molecule has 1 aliphatic rings. The number of hydrogen-bond donors (Lipinski definition) is 2. The second kappa shape index (κ2) is 7.13. The van der Waals surface area contributed by atoms with Crippen molar-refractivity contribution in [2.45, 2.75) is 44.3 Å². The average Bonchev–Trinajstić information content (AvgIpc) is 2.92. The van der Waals surface area contributed by atoms with Gasteiger partial charge < -0.3 is 10.4 Å². The van der Waals surface area contributed by atoms with Gasteiger partial charge in [0.15, 0.2) is 0 Å². The number of benzene rings is 1. The Morgan fingerprint density at radius 2 is 1.91 bits per heavy atom. The molecule has 1 fully saturated rings. The van der Waals surface area contributed by atoms with Crippen LogP contribution in [0.25, 0.3) is 0 Å². The Kier molecular flexibility index (Phi) is 5.45. The summed E-state index contributed by atoms with van der Waals surface area (Å²) >= 11 is 0. The van der Waals surface area contributed by atoms with E-state index in [0.29, 0.717) is 11.1 Å². The highest BCUT2D eigenvalue weighted by Crippen LogP contribution is 2.25. The largest absolute Gasteiger partial charge is 0.396 e. The lowest BCUT2D eigenvalue weighted by Gasteiger charge is -2.19. The highest BCUT2D eigenvalue weighted by atomic mass is 19.4. The van der Waals surface area contributed by atoms with Crippen LogP contribution in [0.1, 0.15) is 41.6 Å². The van der Waals surface area contributed by atoms with Gasteiger partial charge in [-0.3, -0.25) is 4.79 Å². The van der Waals surface area contributed by atoms with Crippen LogP contribution in [0.15, 0.2) is 24.3 Å². The Morgan fingerprint density at radius 1 is 1.23 bits per heavy atom. The molecule has 122 valence electrons. The van der Waals surface area contributed by atoms with E-state index >= 15 is 0 Å². The van der Waals surface area contributed by atoms with Gasteiger partial charge in [-0.2, -0.15) is 13.2 Å². The summed E-state index contributed by atoms with van der Waals surface area (Å²) in [5.41, 5.74) is 0.988. The van der Waals surface area contributed by atoms with Gasteiger partial charge >= 0.3 is 6.18 Å². The molecular formula is C16H20F3NO2. The molecule has 0 unspecified atom stereocenters. The summed E-state index contributed by atoms with van der Waals surface area (Å²) in [6.45, 7) is 0.0569. The Hall–Kier alpha value is -1.56. The Labute approximate surface area is 127 Å². The van der Waals surface area contributed by atoms with Crippen molar-refractivity contribution in [3.63, 3.8) is 0 Å². The zero-order valence-electron chi connectivity index (χ0n) is 12.2. The number of nitrogens with one attached hydrogen (secondary N) is 1. The smallest absolute Gasteiger partial charge is 0.389 e. The predicted octanol–water partition coefficient (Wildman–Crippen LogP) is 3.07. The second-order valence-electron chi connectivity index (χ2n) is 5.77. The third kappa shape index (κ3) is 4.73. The Morgan fingerprint density at radius 3 is 2.50 bits per heavy atom. The van der Waals surface area contributed by atoms with Crippen LogP contribution in [0, 0.1) is 5.92 Å². The molecule has 2 N–H and O–H groups in total. The van der Waals surface area contributed by atoms with Gasteiger partial charge in [0.25, 0.3) is 5.91 Å². The lowest BCUT2D eigenvalue weighted by atomic mass is 10.0. The first-order chi connectivity index (χ1) is 10.4. The van der Waals surface area contributed by atoms with Gasteiger partial charge in [-0.15, -0.1) is 0 Å². The van der Waals surface area contributed by atoms with E-state index in [4.69, 9.17) is 0 Å². The maximum atomic E-state index is 12.2. The van der Waals surface area contributed by atoms with Crippen LogP contribution in [-0.2, 0) is 6.42 Å². The molecular weight excluding hydrogens is 295 g/mol. The number of alkyl halides is 3. The maximum Gasteiger partial charge on any atom is 0.389 e. The van der Waals surface area contributed by atoms with Crippen molar-refractivity contribution in [1.29, 1.82) is 0 Å². The molecule has 0 bridgehead atoms. The van der Waals surface area contributed by atoms with E-state index in [1.165, 1.54) is 0 Å². The van der Waals surface area contributed by atoms with Crippen LogP contribution < -0.4 is 5.32 Å². The zero-order valence-corrected chi connectivity index (χ0v) is 12.2. The number of rotatable bonds is 5. The third-order valence-electron chi connectivity index (χ3n) is 4.12. The highest BCUT2D eigenvalue weighted by molar-refractivity contribution is 5.94. The van der Waals surface area contributed by atoms with Crippen molar-refractivity contribution >= 4 is 5.91 Å². The molecule has 3 nitrogen and oxygen atoms in total. The standard InChI is InChI=1S/C16H20F3NO2/c17-16(18,19)9-8-11-4-6-12(7-5-11)15(22)20-14-3-1-2-13(14)10-21/h4-7,13-14,21H,1-3,8-10H2,(H,20,22)/t13-,14+/m0/s1. The van der Waals surface area contributed by atoms with E-state index < -0.39 is 12.6 Å². The zero-order chi connectivity index (χ0) is 16.2. The molecule has 1 saturated carbocycles. The molecule has 6 heteroatoms. The fourth-order valence-corrected chi connectivity index (χ4v) is 2.81. The van der Waals surface area contributed by atoms with Gasteiger partial charge in [-0.05, 0) is 37.0 Å². The molecule has 0 spiro atoms. The van der Waals surface area contributed by atoms with Crippen LogP contribution in [0.4, 0.5) is 13.2 Å². The Bertz CT molecular complexity index is 499. The van der Waals surface area contributed by atoms with Gasteiger partial charge in [0, 0.05) is 30.6 Å². The van der Waals surface area contributed by atoms with Gasteiger partial charge in [0.05, 0.1) is 0 Å². The van der Waals surface area contributed by atoms with Gasteiger partial charge in [-0.25, -0.2) is 0 Å². The van der Waals surface area contributed by atoms with E-state index in [0.717, 1.165) is 19.3 Å². The van der Waals surface area contributed by atoms with E-state index in [9.17, 15) is 23.1 Å². The average molecular weight is 315 g/mol. The number of aliphatic hydroxyl groups is 1. The second-order valence-corrected chi connectivity index (χ2v) is 5.77. The van der Waals surface area contributed by atoms with Crippen LogP contribution in [-0.4, -0.2) is 29.8 Å². The normalized spacial score (nSPS) is 21.8. The highest BCUT2D eigenvalue weighted by Gasteiger charge is 2.28. The number of halogens is 3. The van der Waals surface area contributed by atoms with E-state index in [1.54, 1.807) is 24.3 Å². The quantitative estimate of drug-likeness (QED) is 0.877. The van der Waals surface area contributed by atoms with Crippen molar-refractivity contribution in [3.05, 3.63) is 35.4 Å². The monoisotopic (exact) mass is 315 g/mol. The number of aryl methyl sites for hydroxylation is 1. The first kappa shape index (κ1) is 16.8. The van der Waals surface area contributed by atoms with Gasteiger partial charge in [0.1, 0.15) is 0 Å². The fourth-order valence-electron chi connectivity index (χ4n) is 2.81. The van der Waals surface area contributed by atoms with Crippen LogP contribution in [0.3, 0.4) is 0 Å². The molecule has 0 heterocycles. The summed E-state index contributed by atoms with van der Waals surface area (Å²) in [6.07, 6.45) is -2.39. The van der Waals surface area contributed by atoms with Crippen molar-refractivity contribution < 1.29 is 23.1 Å². The molecule has 2 atom stereocenters. The molecule has 0 aromatic heterocycles. The van der Waals surface area contributed by atoms with Crippen LogP contribution >= 0.6 is 0 Å². The summed E-state index contributed by atoms with van der Waals surface area (Å²) in [7, 11) is 0. The summed E-state index contributed by atoms with van der Waals surface area (Å²) in [6, 6.07) is 6.17. The molecule has 2 rings (SSSR count). The van der Waals surface area contributed by atoms with Gasteiger partial charge in [0.2, 0.25) is 0 Å². The number of aliphatic hydroxyl groups excluding tert-OH is 1. The summed E-state index contributed by atoms with van der Waals surface area (Å²) in [4.78, 5) is 12.1. The van der Waals surface area contributed by atoms with E-state index in [2.05, 4.69) is 5.32 Å². The lowest BCUT2D eigenvalue weighted by Crippen LogP contribution is -2.38.